The van der Waals surface area contributed by atoms with E-state index < -0.39 is 0 Å². The fraction of sp³-hybridized carbons (Fsp3) is 0.290. The average molecular weight is 539 g/mol. The summed E-state index contributed by atoms with van der Waals surface area (Å²) in [7, 11) is 0. The third kappa shape index (κ3) is 4.92. The molecular formula is C31H30N4O3S. The second kappa shape index (κ2) is 10.6. The molecule has 8 heteroatoms. The number of anilines is 1. The number of hydrogen-bond acceptors (Lipinski definition) is 6. The lowest BCUT2D eigenvalue weighted by Crippen LogP contribution is -2.44. The van der Waals surface area contributed by atoms with Crippen LogP contribution in [0.25, 0.3) is 10.2 Å². The molecule has 4 aromatic rings. The highest BCUT2D eigenvalue weighted by Crippen LogP contribution is 2.35. The van der Waals surface area contributed by atoms with E-state index in [2.05, 4.69) is 34.3 Å². The summed E-state index contributed by atoms with van der Waals surface area (Å²) in [5, 5.41) is 3.86. The highest BCUT2D eigenvalue weighted by atomic mass is 32.1. The molecular weight excluding hydrogens is 508 g/mol. The van der Waals surface area contributed by atoms with Crippen molar-refractivity contribution in [3.8, 4) is 0 Å². The van der Waals surface area contributed by atoms with Crippen molar-refractivity contribution in [1.29, 1.82) is 0 Å². The average Bonchev–Trinajstić information content (AvgIpc) is 3.50. The molecule has 39 heavy (non-hydrogen) atoms. The molecule has 6 rings (SSSR count). The van der Waals surface area contributed by atoms with Crippen LogP contribution in [0.4, 0.5) is 5.69 Å². The van der Waals surface area contributed by atoms with Crippen molar-refractivity contribution in [1.82, 2.24) is 15.2 Å². The Labute approximate surface area is 231 Å². The molecule has 0 radical (unpaired) electrons. The number of amides is 3. The third-order valence-corrected chi connectivity index (χ3v) is 8.71. The maximum atomic E-state index is 13.6. The first-order chi connectivity index (χ1) is 19.0. The van der Waals surface area contributed by atoms with E-state index in [4.69, 9.17) is 0 Å². The lowest BCUT2D eigenvalue weighted by Gasteiger charge is -2.34. The second-order valence-electron chi connectivity index (χ2n) is 10.3. The van der Waals surface area contributed by atoms with Crippen LogP contribution in [-0.2, 0) is 11.3 Å². The molecule has 0 spiro atoms. The zero-order chi connectivity index (χ0) is 26.9. The van der Waals surface area contributed by atoms with Gasteiger partial charge in [0.1, 0.15) is 5.01 Å². The van der Waals surface area contributed by atoms with Crippen molar-refractivity contribution in [2.45, 2.75) is 32.2 Å². The van der Waals surface area contributed by atoms with Crippen LogP contribution in [0.2, 0.25) is 0 Å². The van der Waals surface area contributed by atoms with Crippen LogP contribution in [-0.4, -0.2) is 47.2 Å². The fourth-order valence-electron chi connectivity index (χ4n) is 5.55. The standard InChI is InChI=1S/C31H30N4O3S/c1-20(21-9-3-2-4-10-21)17-32-29(36)22-11-8-16-34(18-22)25-14-7-12-23-28(25)31(38)35(30(23)37)19-27-33-24-13-5-6-15-26(24)39-27/h2-7,9-10,12-15,20,22H,8,11,16-19H2,1H3,(H,32,36)/t20-,22+/m0/s1. The molecule has 1 N–H and O–H groups in total. The summed E-state index contributed by atoms with van der Waals surface area (Å²) in [6, 6.07) is 23.4. The number of rotatable bonds is 7. The molecule has 2 aliphatic heterocycles. The number of benzene rings is 3. The van der Waals surface area contributed by atoms with Gasteiger partial charge in [-0.3, -0.25) is 19.3 Å². The summed E-state index contributed by atoms with van der Waals surface area (Å²) in [6.07, 6.45) is 1.64. The molecule has 3 aromatic carbocycles. The van der Waals surface area contributed by atoms with Gasteiger partial charge in [-0.1, -0.05) is 55.5 Å². The fourth-order valence-corrected chi connectivity index (χ4v) is 6.51. The molecule has 3 heterocycles. The van der Waals surface area contributed by atoms with Gasteiger partial charge in [-0.2, -0.15) is 0 Å². The Morgan fingerprint density at radius 3 is 2.64 bits per heavy atom. The van der Waals surface area contributed by atoms with Gasteiger partial charge in [-0.05, 0) is 48.6 Å². The van der Waals surface area contributed by atoms with Crippen LogP contribution in [0.5, 0.6) is 0 Å². The molecule has 198 valence electrons. The molecule has 0 bridgehead atoms. The largest absolute Gasteiger partial charge is 0.370 e. The van der Waals surface area contributed by atoms with Gasteiger partial charge in [0.15, 0.2) is 0 Å². The maximum absolute atomic E-state index is 13.6. The smallest absolute Gasteiger partial charge is 0.264 e. The van der Waals surface area contributed by atoms with Gasteiger partial charge < -0.3 is 10.2 Å². The number of nitrogens with one attached hydrogen (secondary N) is 1. The Kier molecular flexibility index (Phi) is 6.87. The monoisotopic (exact) mass is 538 g/mol. The molecule has 2 atom stereocenters. The van der Waals surface area contributed by atoms with Crippen molar-refractivity contribution in [3.63, 3.8) is 0 Å². The summed E-state index contributed by atoms with van der Waals surface area (Å²) >= 11 is 1.50. The van der Waals surface area contributed by atoms with E-state index in [0.717, 1.165) is 40.3 Å². The molecule has 1 fully saturated rings. The number of thiazole rings is 1. The molecule has 1 saturated heterocycles. The van der Waals surface area contributed by atoms with Gasteiger partial charge in [0.25, 0.3) is 11.8 Å². The Balaban J connectivity index is 1.16. The highest BCUT2D eigenvalue weighted by Gasteiger charge is 2.40. The van der Waals surface area contributed by atoms with Crippen molar-refractivity contribution in [2.24, 2.45) is 5.92 Å². The Hall–Kier alpha value is -4.04. The van der Waals surface area contributed by atoms with Crippen LogP contribution in [0.15, 0.2) is 72.8 Å². The molecule has 0 unspecified atom stereocenters. The lowest BCUT2D eigenvalue weighted by atomic mass is 9.94. The summed E-state index contributed by atoms with van der Waals surface area (Å²) in [6.45, 7) is 4.09. The Morgan fingerprint density at radius 1 is 1.03 bits per heavy atom. The number of piperidine rings is 1. The van der Waals surface area contributed by atoms with E-state index in [1.165, 1.54) is 21.8 Å². The number of nitrogens with zero attached hydrogens (tertiary/aromatic N) is 3. The summed E-state index contributed by atoms with van der Waals surface area (Å²) in [4.78, 5) is 48.0. The van der Waals surface area contributed by atoms with Crippen molar-refractivity contribution >= 4 is 45.0 Å². The summed E-state index contributed by atoms with van der Waals surface area (Å²) in [5.41, 5.74) is 3.64. The van der Waals surface area contributed by atoms with Crippen LogP contribution >= 0.6 is 11.3 Å². The zero-order valence-corrected chi connectivity index (χ0v) is 22.6. The normalized spacial score (nSPS) is 17.9. The maximum Gasteiger partial charge on any atom is 0.264 e. The van der Waals surface area contributed by atoms with Crippen LogP contribution in [0.3, 0.4) is 0 Å². The third-order valence-electron chi connectivity index (χ3n) is 7.69. The van der Waals surface area contributed by atoms with Crippen LogP contribution < -0.4 is 10.2 Å². The van der Waals surface area contributed by atoms with E-state index in [1.807, 2.05) is 54.6 Å². The molecule has 3 amide bonds. The van der Waals surface area contributed by atoms with Gasteiger partial charge in [-0.25, -0.2) is 4.98 Å². The number of aromatic nitrogens is 1. The predicted molar refractivity (Wildman–Crippen MR) is 153 cm³/mol. The lowest BCUT2D eigenvalue weighted by molar-refractivity contribution is -0.125. The summed E-state index contributed by atoms with van der Waals surface area (Å²) < 4.78 is 1.03. The molecule has 0 aliphatic carbocycles. The molecule has 7 nitrogen and oxygen atoms in total. The van der Waals surface area contributed by atoms with Crippen molar-refractivity contribution in [3.05, 3.63) is 94.5 Å². The van der Waals surface area contributed by atoms with Crippen molar-refractivity contribution in [2.75, 3.05) is 24.5 Å². The molecule has 1 aromatic heterocycles. The van der Waals surface area contributed by atoms with Crippen molar-refractivity contribution < 1.29 is 14.4 Å². The Bertz CT molecular complexity index is 1520. The predicted octanol–water partition coefficient (Wildman–Crippen LogP) is 5.23. The number of imide groups is 1. The first kappa shape index (κ1) is 25.2. The number of carbonyl (C=O) groups excluding carboxylic acids is 3. The van der Waals surface area contributed by atoms with E-state index in [0.29, 0.717) is 24.2 Å². The minimum atomic E-state index is -0.298. The van der Waals surface area contributed by atoms with Gasteiger partial charge in [0, 0.05) is 19.6 Å². The zero-order valence-electron chi connectivity index (χ0n) is 21.8. The van der Waals surface area contributed by atoms with E-state index in [-0.39, 0.29) is 36.1 Å². The second-order valence-corrected chi connectivity index (χ2v) is 11.4. The van der Waals surface area contributed by atoms with Crippen LogP contribution in [0, 0.1) is 5.92 Å². The minimum Gasteiger partial charge on any atom is -0.370 e. The van der Waals surface area contributed by atoms with Crippen LogP contribution in [0.1, 0.15) is 57.0 Å². The minimum absolute atomic E-state index is 0.0370. The molecule has 2 aliphatic rings. The molecule has 0 saturated carbocycles. The number of fused-ring (bicyclic) bond motifs is 2. The van der Waals surface area contributed by atoms with Gasteiger partial charge in [0.2, 0.25) is 5.91 Å². The topological polar surface area (TPSA) is 82.6 Å². The highest BCUT2D eigenvalue weighted by molar-refractivity contribution is 7.18. The SMILES string of the molecule is C[C@@H](CNC(=O)[C@@H]1CCCN(c2cccc3c2C(=O)N(Cc2nc4ccccc4s2)C3=O)C1)c1ccccc1. The quantitative estimate of drug-likeness (QED) is 0.326. The first-order valence-electron chi connectivity index (χ1n) is 13.4. The van der Waals surface area contributed by atoms with Gasteiger partial charge in [0.05, 0.1) is 39.5 Å². The Morgan fingerprint density at radius 2 is 1.82 bits per heavy atom. The van der Waals surface area contributed by atoms with E-state index in [9.17, 15) is 14.4 Å². The van der Waals surface area contributed by atoms with E-state index in [1.54, 1.807) is 6.07 Å². The van der Waals surface area contributed by atoms with E-state index >= 15 is 0 Å². The number of para-hydroxylation sites is 1. The first-order valence-corrected chi connectivity index (χ1v) is 14.2. The summed E-state index contributed by atoms with van der Waals surface area (Å²) in [5.74, 6) is -0.513. The van der Waals surface area contributed by atoms with Gasteiger partial charge in [-0.15, -0.1) is 11.3 Å². The van der Waals surface area contributed by atoms with Gasteiger partial charge >= 0.3 is 0 Å². The number of hydrogen-bond donors (Lipinski definition) is 1. The number of carbonyl (C=O) groups is 3.